The van der Waals surface area contributed by atoms with Crippen molar-refractivity contribution in [1.82, 2.24) is 15.3 Å². The van der Waals surface area contributed by atoms with Crippen LogP contribution in [0.1, 0.15) is 23.4 Å². The van der Waals surface area contributed by atoms with E-state index in [1.165, 1.54) is 5.56 Å². The quantitative estimate of drug-likeness (QED) is 0.745. The van der Waals surface area contributed by atoms with Crippen LogP contribution in [-0.4, -0.2) is 15.9 Å². The number of nitrogens with zero attached hydrogens (tertiary/aromatic N) is 2. The summed E-state index contributed by atoms with van der Waals surface area (Å²) in [6.07, 6.45) is 2.81. The molecule has 1 N–H and O–H groups in total. The molecule has 3 rings (SSSR count). The van der Waals surface area contributed by atoms with Crippen molar-refractivity contribution in [3.05, 3.63) is 71.0 Å². The fraction of sp³-hybridized carbons (Fsp3) is 0.211. The summed E-state index contributed by atoms with van der Waals surface area (Å²) in [6, 6.07) is 14.0. The first-order chi connectivity index (χ1) is 11.7. The Labute approximate surface area is 145 Å². The Kier molecular flexibility index (Phi) is 5.33. The second-order valence-corrected chi connectivity index (χ2v) is 6.47. The van der Waals surface area contributed by atoms with Crippen molar-refractivity contribution in [3.8, 4) is 10.6 Å². The average molecular weight is 337 g/mol. The van der Waals surface area contributed by atoms with Gasteiger partial charge < -0.3 is 5.32 Å². The third-order valence-electron chi connectivity index (χ3n) is 3.62. The van der Waals surface area contributed by atoms with E-state index in [0.29, 0.717) is 19.4 Å². The summed E-state index contributed by atoms with van der Waals surface area (Å²) in [5, 5.41) is 5.92. The SMILES string of the molecule is Cc1cccc(-c2nc(CCC(=O)NCc3ccccn3)cs2)c1. The van der Waals surface area contributed by atoms with Gasteiger partial charge in [-0.1, -0.05) is 29.8 Å². The van der Waals surface area contributed by atoms with Gasteiger partial charge in [0, 0.05) is 23.6 Å². The van der Waals surface area contributed by atoms with Gasteiger partial charge in [-0.15, -0.1) is 11.3 Å². The molecular formula is C19H19N3OS. The van der Waals surface area contributed by atoms with Gasteiger partial charge in [-0.3, -0.25) is 9.78 Å². The molecule has 0 spiro atoms. The fourth-order valence-electron chi connectivity index (χ4n) is 2.35. The molecule has 3 aromatic rings. The first kappa shape index (κ1) is 16.3. The standard InChI is InChI=1S/C19H19N3OS/c1-14-5-4-6-15(11-14)19-22-17(13-24-19)8-9-18(23)21-12-16-7-2-3-10-20-16/h2-7,10-11,13H,8-9,12H2,1H3,(H,21,23). The molecule has 5 heteroatoms. The van der Waals surface area contributed by atoms with Gasteiger partial charge in [0.1, 0.15) is 5.01 Å². The number of rotatable bonds is 6. The van der Waals surface area contributed by atoms with E-state index in [1.54, 1.807) is 17.5 Å². The van der Waals surface area contributed by atoms with E-state index in [4.69, 9.17) is 0 Å². The van der Waals surface area contributed by atoms with Crippen molar-refractivity contribution >= 4 is 17.2 Å². The molecule has 0 saturated carbocycles. The molecule has 0 aliphatic heterocycles. The van der Waals surface area contributed by atoms with Crippen LogP contribution in [0, 0.1) is 6.92 Å². The summed E-state index contributed by atoms with van der Waals surface area (Å²) in [4.78, 5) is 20.8. The second-order valence-electron chi connectivity index (χ2n) is 5.61. The molecule has 2 aromatic heterocycles. The van der Waals surface area contributed by atoms with Gasteiger partial charge in [-0.2, -0.15) is 0 Å². The third kappa shape index (κ3) is 4.49. The lowest BCUT2D eigenvalue weighted by Gasteiger charge is -2.03. The minimum Gasteiger partial charge on any atom is -0.350 e. The minimum absolute atomic E-state index is 0.0192. The zero-order chi connectivity index (χ0) is 16.8. The maximum absolute atomic E-state index is 11.9. The molecule has 24 heavy (non-hydrogen) atoms. The summed E-state index contributed by atoms with van der Waals surface area (Å²) in [7, 11) is 0. The van der Waals surface area contributed by atoms with Crippen LogP contribution in [0.15, 0.2) is 54.0 Å². The first-order valence-electron chi connectivity index (χ1n) is 7.89. The molecule has 0 aliphatic carbocycles. The molecule has 0 radical (unpaired) electrons. The van der Waals surface area contributed by atoms with Crippen LogP contribution in [0.2, 0.25) is 0 Å². The number of nitrogens with one attached hydrogen (secondary N) is 1. The number of benzene rings is 1. The number of pyridine rings is 1. The Hall–Kier alpha value is -2.53. The highest BCUT2D eigenvalue weighted by Gasteiger charge is 2.08. The van der Waals surface area contributed by atoms with E-state index in [1.807, 2.05) is 29.6 Å². The largest absolute Gasteiger partial charge is 0.350 e. The summed E-state index contributed by atoms with van der Waals surface area (Å²) < 4.78 is 0. The summed E-state index contributed by atoms with van der Waals surface area (Å²) in [6.45, 7) is 2.54. The van der Waals surface area contributed by atoms with Gasteiger partial charge in [-0.25, -0.2) is 4.98 Å². The Balaban J connectivity index is 1.51. The zero-order valence-electron chi connectivity index (χ0n) is 13.5. The number of hydrogen-bond acceptors (Lipinski definition) is 4. The molecule has 4 nitrogen and oxygen atoms in total. The number of thiazole rings is 1. The van der Waals surface area contributed by atoms with Crippen molar-refractivity contribution in [2.75, 3.05) is 0 Å². The van der Waals surface area contributed by atoms with Gasteiger partial charge in [0.25, 0.3) is 0 Å². The number of carbonyl (C=O) groups is 1. The summed E-state index contributed by atoms with van der Waals surface area (Å²) in [5.41, 5.74) is 4.18. The number of carbonyl (C=O) groups excluding carboxylic acids is 1. The predicted octanol–water partition coefficient (Wildman–Crippen LogP) is 3.76. The number of amides is 1. The highest BCUT2D eigenvalue weighted by atomic mass is 32.1. The highest BCUT2D eigenvalue weighted by Crippen LogP contribution is 2.24. The monoisotopic (exact) mass is 337 g/mol. The Morgan fingerprint density at radius 3 is 2.88 bits per heavy atom. The van der Waals surface area contributed by atoms with Crippen molar-refractivity contribution in [2.24, 2.45) is 0 Å². The molecule has 1 aromatic carbocycles. The first-order valence-corrected chi connectivity index (χ1v) is 8.77. The third-order valence-corrected chi connectivity index (χ3v) is 4.56. The van der Waals surface area contributed by atoms with E-state index in [9.17, 15) is 4.79 Å². The maximum Gasteiger partial charge on any atom is 0.220 e. The molecule has 0 saturated heterocycles. The van der Waals surface area contributed by atoms with Gasteiger partial charge in [0.2, 0.25) is 5.91 Å². The van der Waals surface area contributed by atoms with Crippen LogP contribution in [0.5, 0.6) is 0 Å². The topological polar surface area (TPSA) is 54.9 Å². The minimum atomic E-state index is 0.0192. The Morgan fingerprint density at radius 2 is 2.08 bits per heavy atom. The van der Waals surface area contributed by atoms with E-state index < -0.39 is 0 Å². The fourth-order valence-corrected chi connectivity index (χ4v) is 3.21. The average Bonchev–Trinajstić information content (AvgIpc) is 3.08. The molecule has 1 amide bonds. The van der Waals surface area contributed by atoms with Crippen LogP contribution in [0.25, 0.3) is 10.6 Å². The normalized spacial score (nSPS) is 10.5. The lowest BCUT2D eigenvalue weighted by atomic mass is 10.1. The van der Waals surface area contributed by atoms with E-state index >= 15 is 0 Å². The molecular weight excluding hydrogens is 318 g/mol. The Bertz CT molecular complexity index is 814. The zero-order valence-corrected chi connectivity index (χ0v) is 14.3. The lowest BCUT2D eigenvalue weighted by Crippen LogP contribution is -2.23. The molecule has 0 bridgehead atoms. The van der Waals surface area contributed by atoms with Crippen LogP contribution < -0.4 is 5.32 Å². The Morgan fingerprint density at radius 1 is 1.17 bits per heavy atom. The van der Waals surface area contributed by atoms with Gasteiger partial charge in [0.15, 0.2) is 0 Å². The van der Waals surface area contributed by atoms with Gasteiger partial charge in [-0.05, 0) is 31.5 Å². The molecule has 0 fully saturated rings. The van der Waals surface area contributed by atoms with E-state index in [2.05, 4.69) is 40.4 Å². The predicted molar refractivity (Wildman–Crippen MR) is 96.7 cm³/mol. The van der Waals surface area contributed by atoms with Crippen LogP contribution in [-0.2, 0) is 17.8 Å². The maximum atomic E-state index is 11.9. The highest BCUT2D eigenvalue weighted by molar-refractivity contribution is 7.13. The molecule has 2 heterocycles. The van der Waals surface area contributed by atoms with Crippen molar-refractivity contribution in [2.45, 2.75) is 26.3 Å². The van der Waals surface area contributed by atoms with E-state index in [-0.39, 0.29) is 5.91 Å². The van der Waals surface area contributed by atoms with Crippen LogP contribution >= 0.6 is 11.3 Å². The van der Waals surface area contributed by atoms with Gasteiger partial charge in [0.05, 0.1) is 17.9 Å². The summed E-state index contributed by atoms with van der Waals surface area (Å²) >= 11 is 1.62. The number of hydrogen-bond donors (Lipinski definition) is 1. The lowest BCUT2D eigenvalue weighted by molar-refractivity contribution is -0.121. The second kappa shape index (κ2) is 7.84. The van der Waals surface area contributed by atoms with Crippen molar-refractivity contribution < 1.29 is 4.79 Å². The van der Waals surface area contributed by atoms with Crippen molar-refractivity contribution in [1.29, 1.82) is 0 Å². The molecule has 0 atom stereocenters. The van der Waals surface area contributed by atoms with E-state index in [0.717, 1.165) is 22.0 Å². The van der Waals surface area contributed by atoms with Crippen LogP contribution in [0.4, 0.5) is 0 Å². The molecule has 0 unspecified atom stereocenters. The number of aryl methyl sites for hydroxylation is 2. The smallest absolute Gasteiger partial charge is 0.220 e. The summed E-state index contributed by atoms with van der Waals surface area (Å²) in [5.74, 6) is 0.0192. The van der Waals surface area contributed by atoms with Gasteiger partial charge >= 0.3 is 0 Å². The molecule has 0 aliphatic rings. The van der Waals surface area contributed by atoms with Crippen LogP contribution in [0.3, 0.4) is 0 Å². The molecule has 122 valence electrons. The van der Waals surface area contributed by atoms with Crippen molar-refractivity contribution in [3.63, 3.8) is 0 Å². The number of aromatic nitrogens is 2.